The number of alkyl halides is 3. The number of piperidine rings is 1. The first-order valence-corrected chi connectivity index (χ1v) is 16.6. The fraction of sp³-hybridized carbons (Fsp3) is 0.200. The van der Waals surface area contributed by atoms with E-state index in [1.807, 2.05) is 0 Å². The summed E-state index contributed by atoms with van der Waals surface area (Å²) in [4.78, 5) is 1.59. The first-order chi connectivity index (χ1) is 21.3. The average Bonchev–Trinajstić information content (AvgIpc) is 3.01. The van der Waals surface area contributed by atoms with Crippen molar-refractivity contribution in [2.45, 2.75) is 34.3 Å². The fourth-order valence-electron chi connectivity index (χ4n) is 5.47. The van der Waals surface area contributed by atoms with Crippen LogP contribution in [0.1, 0.15) is 0 Å². The molecule has 3 N–H and O–H groups in total. The van der Waals surface area contributed by atoms with Gasteiger partial charge in [-0.2, -0.15) is 4.31 Å². The molecule has 4 unspecified atom stereocenters. The van der Waals surface area contributed by atoms with E-state index in [1.54, 1.807) is 71.6 Å². The lowest BCUT2D eigenvalue weighted by molar-refractivity contribution is -0.274. The highest BCUT2D eigenvalue weighted by atomic mass is 32.2. The number of para-hydroxylation sites is 4. The molecule has 6 rings (SSSR count). The van der Waals surface area contributed by atoms with E-state index in [1.165, 1.54) is 12.1 Å². The summed E-state index contributed by atoms with van der Waals surface area (Å²) in [6.07, 6.45) is -6.32. The predicted octanol–water partition coefficient (Wildman–Crippen LogP) is 5.24. The van der Waals surface area contributed by atoms with Crippen molar-refractivity contribution in [1.29, 1.82) is 4.78 Å². The maximum Gasteiger partial charge on any atom is 0.573 e. The molecule has 15 heteroatoms. The van der Waals surface area contributed by atoms with Gasteiger partial charge in [-0.15, -0.1) is 13.2 Å². The number of rotatable bonds is 7. The van der Waals surface area contributed by atoms with Crippen molar-refractivity contribution >= 4 is 31.3 Å². The van der Waals surface area contributed by atoms with Crippen molar-refractivity contribution in [2.75, 3.05) is 18.0 Å². The number of aliphatic hydroxyl groups excluding tert-OH is 1. The second kappa shape index (κ2) is 11.7. The van der Waals surface area contributed by atoms with Gasteiger partial charge in [0.15, 0.2) is 11.5 Å². The number of benzene rings is 4. The normalized spacial score (nSPS) is 21.6. The summed E-state index contributed by atoms with van der Waals surface area (Å²) in [7, 11) is -8.11. The van der Waals surface area contributed by atoms with Crippen LogP contribution in [0.3, 0.4) is 0 Å². The zero-order valence-electron chi connectivity index (χ0n) is 23.3. The average molecular weight is 661 g/mol. The standard InChI is InChI=1S/C30H27F3N4O6S2/c31-30(32,33)43-20-14-16-21(17-15-20)44(34,39)35-23-18-36(45(40,41)22-8-2-1-3-9-22)19-26(29(23)38)37-24-10-4-6-12-27(24)42-28-13-7-5-11-25(28)37/h1-17,23,26,29,38H,18-19H2,(H2,34,35,39). The van der Waals surface area contributed by atoms with Gasteiger partial charge in [-0.05, 0) is 60.7 Å². The van der Waals surface area contributed by atoms with Crippen molar-refractivity contribution in [2.24, 2.45) is 0 Å². The number of nitrogens with zero attached hydrogens (tertiary/aromatic N) is 2. The van der Waals surface area contributed by atoms with Gasteiger partial charge in [0.1, 0.15) is 15.7 Å². The van der Waals surface area contributed by atoms with Crippen LogP contribution in [0.4, 0.5) is 24.5 Å². The van der Waals surface area contributed by atoms with E-state index < -0.39 is 50.2 Å². The summed E-state index contributed by atoms with van der Waals surface area (Å²) in [6.45, 7) is -0.532. The second-order valence-corrected chi connectivity index (χ2v) is 14.2. The minimum Gasteiger partial charge on any atom is -0.453 e. The molecule has 0 aromatic heterocycles. The highest BCUT2D eigenvalue weighted by molar-refractivity contribution is 7.90. The molecule has 2 heterocycles. The van der Waals surface area contributed by atoms with Crippen LogP contribution in [0, 0.1) is 4.78 Å². The number of ether oxygens (including phenoxy) is 2. The molecular formula is C30H27F3N4O6S2. The Hall–Kier alpha value is -4.15. The summed E-state index contributed by atoms with van der Waals surface area (Å²) in [5.74, 6) is 0.381. The van der Waals surface area contributed by atoms with Gasteiger partial charge in [0.25, 0.3) is 0 Å². The number of sulfonamides is 1. The van der Waals surface area contributed by atoms with Crippen LogP contribution >= 0.6 is 0 Å². The van der Waals surface area contributed by atoms with Gasteiger partial charge in [0.05, 0.1) is 39.4 Å². The lowest BCUT2D eigenvalue weighted by Gasteiger charge is -2.47. The molecule has 0 radical (unpaired) electrons. The zero-order valence-corrected chi connectivity index (χ0v) is 24.9. The van der Waals surface area contributed by atoms with Crippen LogP contribution in [0.5, 0.6) is 17.2 Å². The van der Waals surface area contributed by atoms with Gasteiger partial charge in [-0.1, -0.05) is 42.5 Å². The molecule has 10 nitrogen and oxygen atoms in total. The van der Waals surface area contributed by atoms with Crippen molar-refractivity contribution in [3.8, 4) is 17.2 Å². The topological polar surface area (TPSA) is 132 Å². The highest BCUT2D eigenvalue weighted by Gasteiger charge is 2.46. The Kier molecular flexibility index (Phi) is 7.99. The van der Waals surface area contributed by atoms with E-state index in [2.05, 4.69) is 9.46 Å². The maximum atomic E-state index is 13.9. The van der Waals surface area contributed by atoms with Crippen LogP contribution in [0.2, 0.25) is 0 Å². The number of hydrogen-bond acceptors (Lipinski definition) is 8. The Morgan fingerprint density at radius 3 is 1.93 bits per heavy atom. The third kappa shape index (κ3) is 6.21. The van der Waals surface area contributed by atoms with Crippen LogP contribution in [0.15, 0.2) is 113 Å². The summed E-state index contributed by atoms with van der Waals surface area (Å²) in [5.41, 5.74) is 1.12. The molecule has 1 fully saturated rings. The largest absolute Gasteiger partial charge is 0.573 e. The Morgan fingerprint density at radius 1 is 0.800 bits per heavy atom. The highest BCUT2D eigenvalue weighted by Crippen LogP contribution is 2.48. The van der Waals surface area contributed by atoms with Crippen LogP contribution in [-0.4, -0.2) is 59.7 Å². The van der Waals surface area contributed by atoms with Crippen molar-refractivity contribution in [3.05, 3.63) is 103 Å². The molecule has 2 aliphatic rings. The predicted molar refractivity (Wildman–Crippen MR) is 159 cm³/mol. The Morgan fingerprint density at radius 2 is 1.36 bits per heavy atom. The maximum absolute atomic E-state index is 13.9. The first kappa shape index (κ1) is 30.9. The molecule has 45 heavy (non-hydrogen) atoms. The van der Waals surface area contributed by atoms with E-state index in [0.29, 0.717) is 22.9 Å². The van der Waals surface area contributed by atoms with Gasteiger partial charge < -0.3 is 19.5 Å². The van der Waals surface area contributed by atoms with Crippen LogP contribution < -0.4 is 19.1 Å². The molecule has 4 aromatic rings. The number of anilines is 2. The summed E-state index contributed by atoms with van der Waals surface area (Å²) >= 11 is 0. The van der Waals surface area contributed by atoms with Crippen LogP contribution in [-0.2, 0) is 19.9 Å². The molecule has 2 aliphatic heterocycles. The third-order valence-electron chi connectivity index (χ3n) is 7.49. The van der Waals surface area contributed by atoms with E-state index >= 15 is 0 Å². The Labute approximate surface area is 257 Å². The Bertz CT molecular complexity index is 1860. The van der Waals surface area contributed by atoms with E-state index in [-0.39, 0.29) is 22.9 Å². The SMILES string of the molecule is N=S(=O)(NC1CN(S(=O)(=O)c2ccccc2)CC(N2c3ccccc3Oc3ccccc32)C1O)c1ccc(OC(F)(F)F)cc1. The molecule has 0 bridgehead atoms. The van der Waals surface area contributed by atoms with E-state index in [4.69, 9.17) is 9.52 Å². The Balaban J connectivity index is 1.39. The van der Waals surface area contributed by atoms with E-state index in [9.17, 15) is 30.9 Å². The van der Waals surface area contributed by atoms with Crippen molar-refractivity contribution in [1.82, 2.24) is 9.03 Å². The summed E-state index contributed by atoms with van der Waals surface area (Å²) in [6, 6.07) is 23.6. The molecule has 0 saturated carbocycles. The molecule has 236 valence electrons. The molecule has 4 atom stereocenters. The lowest BCUT2D eigenvalue weighted by atomic mass is 9.96. The first-order valence-electron chi connectivity index (χ1n) is 13.6. The third-order valence-corrected chi connectivity index (χ3v) is 10.9. The number of fused-ring (bicyclic) bond motifs is 2. The zero-order chi connectivity index (χ0) is 32.0. The fourth-order valence-corrected chi connectivity index (χ4v) is 8.27. The van der Waals surface area contributed by atoms with Crippen molar-refractivity contribution < 1.29 is 40.4 Å². The minimum absolute atomic E-state index is 0.00790. The molecular weight excluding hydrogens is 633 g/mol. The van der Waals surface area contributed by atoms with E-state index in [0.717, 1.165) is 28.6 Å². The number of aliphatic hydroxyl groups is 1. The summed E-state index contributed by atoms with van der Waals surface area (Å²) < 4.78 is 102. The number of hydrogen-bond donors (Lipinski definition) is 3. The van der Waals surface area contributed by atoms with Gasteiger partial charge in [-0.3, -0.25) is 0 Å². The summed E-state index contributed by atoms with van der Waals surface area (Å²) in [5, 5.41) is 11.8. The smallest absolute Gasteiger partial charge is 0.453 e. The lowest BCUT2D eigenvalue weighted by Crippen LogP contribution is -2.65. The number of nitrogens with one attached hydrogen (secondary N) is 2. The van der Waals surface area contributed by atoms with Gasteiger partial charge >= 0.3 is 6.36 Å². The molecule has 4 aromatic carbocycles. The monoisotopic (exact) mass is 660 g/mol. The van der Waals surface area contributed by atoms with Gasteiger partial charge in [-0.25, -0.2) is 22.1 Å². The minimum atomic E-state index is -4.94. The van der Waals surface area contributed by atoms with Crippen LogP contribution in [0.25, 0.3) is 0 Å². The quantitative estimate of drug-likeness (QED) is 0.247. The molecule has 0 spiro atoms. The van der Waals surface area contributed by atoms with Crippen molar-refractivity contribution in [3.63, 3.8) is 0 Å². The number of halogens is 3. The second-order valence-electron chi connectivity index (χ2n) is 10.4. The molecule has 0 aliphatic carbocycles. The molecule has 0 amide bonds. The van der Waals surface area contributed by atoms with Gasteiger partial charge in [0.2, 0.25) is 10.0 Å². The molecule has 1 saturated heterocycles. The van der Waals surface area contributed by atoms with Gasteiger partial charge in [0, 0.05) is 13.1 Å².